The first-order valence-corrected chi connectivity index (χ1v) is 8.41. The van der Waals surface area contributed by atoms with Gasteiger partial charge in [0.1, 0.15) is 0 Å². The Balaban J connectivity index is 2.56. The molecule has 1 aromatic carbocycles. The highest BCUT2D eigenvalue weighted by Gasteiger charge is 2.08. The predicted molar refractivity (Wildman–Crippen MR) is 87.9 cm³/mol. The van der Waals surface area contributed by atoms with Crippen molar-refractivity contribution < 1.29 is 8.42 Å². The molecule has 0 fully saturated rings. The number of halogens is 1. The lowest BCUT2D eigenvalue weighted by Crippen LogP contribution is -2.05. The third kappa shape index (κ3) is 5.97. The Morgan fingerprint density at radius 3 is 2.52 bits per heavy atom. The van der Waals surface area contributed by atoms with Crippen molar-refractivity contribution in [3.8, 4) is 0 Å². The van der Waals surface area contributed by atoms with Gasteiger partial charge in [0.2, 0.25) is 0 Å². The van der Waals surface area contributed by atoms with E-state index in [2.05, 4.69) is 18.2 Å². The van der Waals surface area contributed by atoms with E-state index in [1.807, 2.05) is 7.05 Å². The zero-order chi connectivity index (χ0) is 15.9. The fourth-order valence-corrected chi connectivity index (χ4v) is 2.14. The van der Waals surface area contributed by atoms with Crippen molar-refractivity contribution in [1.29, 1.82) is 0 Å². The summed E-state index contributed by atoms with van der Waals surface area (Å²) in [6.07, 6.45) is 7.38. The summed E-state index contributed by atoms with van der Waals surface area (Å²) in [4.78, 5) is 5.99. The molecule has 0 bridgehead atoms. The van der Waals surface area contributed by atoms with E-state index in [-0.39, 0.29) is 4.90 Å². The lowest BCUT2D eigenvalue weighted by atomic mass is 10.2. The van der Waals surface area contributed by atoms with E-state index >= 15 is 0 Å². The van der Waals surface area contributed by atoms with Crippen LogP contribution in [0.1, 0.15) is 5.56 Å². The Hall–Kier alpha value is -1.85. The summed E-state index contributed by atoms with van der Waals surface area (Å²) in [6.45, 7) is 7.47. The Morgan fingerprint density at radius 1 is 1.38 bits per heavy atom. The van der Waals surface area contributed by atoms with Crippen molar-refractivity contribution in [3.05, 3.63) is 67.2 Å². The summed E-state index contributed by atoms with van der Waals surface area (Å²) in [5.74, 6) is 0. The Labute approximate surface area is 130 Å². The van der Waals surface area contributed by atoms with E-state index in [0.29, 0.717) is 6.42 Å². The fraction of sp³-hybridized carbons (Fsp3) is 0.133. The molecule has 6 heteroatoms. The maximum absolute atomic E-state index is 11.1. The van der Waals surface area contributed by atoms with Gasteiger partial charge in [-0.25, -0.2) is 8.42 Å². The normalized spacial score (nSPS) is 11.9. The number of allylic oxidation sites excluding steroid dienone is 1. The van der Waals surface area contributed by atoms with E-state index in [4.69, 9.17) is 10.7 Å². The molecule has 0 radical (unpaired) electrons. The molecule has 0 unspecified atom stereocenters. The van der Waals surface area contributed by atoms with Crippen LogP contribution in [0.15, 0.2) is 71.5 Å². The third-order valence-electron chi connectivity index (χ3n) is 2.72. The van der Waals surface area contributed by atoms with Crippen molar-refractivity contribution in [2.75, 3.05) is 7.05 Å². The second-order valence-electron chi connectivity index (χ2n) is 4.22. The highest BCUT2D eigenvalue weighted by molar-refractivity contribution is 8.13. The number of hydrogen-bond donors (Lipinski definition) is 0. The van der Waals surface area contributed by atoms with Crippen LogP contribution in [0.5, 0.6) is 0 Å². The molecular weight excluding hydrogens is 308 g/mol. The summed E-state index contributed by atoms with van der Waals surface area (Å²) in [7, 11) is 3.42. The van der Waals surface area contributed by atoms with Crippen LogP contribution < -0.4 is 0 Å². The van der Waals surface area contributed by atoms with Gasteiger partial charge < -0.3 is 4.90 Å². The molecule has 0 N–H and O–H groups in total. The smallest absolute Gasteiger partial charge is 0.261 e. The predicted octanol–water partition coefficient (Wildman–Crippen LogP) is 3.33. The third-order valence-corrected chi connectivity index (χ3v) is 4.09. The highest BCUT2D eigenvalue weighted by Crippen LogP contribution is 2.15. The van der Waals surface area contributed by atoms with E-state index in [0.717, 1.165) is 11.3 Å². The van der Waals surface area contributed by atoms with Crippen molar-refractivity contribution in [1.82, 2.24) is 4.90 Å². The van der Waals surface area contributed by atoms with Crippen LogP contribution >= 0.6 is 10.7 Å². The van der Waals surface area contributed by atoms with Gasteiger partial charge >= 0.3 is 0 Å². The lowest BCUT2D eigenvalue weighted by Gasteiger charge is -2.11. The van der Waals surface area contributed by atoms with Crippen LogP contribution in [-0.4, -0.2) is 26.6 Å². The standard InChI is InChI=1S/C15H17ClN2O2S/c1-4-18(3)13(2)9-11-17-12-10-14-5-7-15(8-6-14)21(16,19)20/h4-9,11-12H,1-2,10H2,3H3/b11-9-,17-12?. The summed E-state index contributed by atoms with van der Waals surface area (Å²) in [5.41, 5.74) is 1.72. The maximum atomic E-state index is 11.1. The van der Waals surface area contributed by atoms with Gasteiger partial charge in [0.05, 0.1) is 4.90 Å². The lowest BCUT2D eigenvalue weighted by molar-refractivity contribution is 0.593. The Bertz CT molecular complexity index is 661. The van der Waals surface area contributed by atoms with Gasteiger partial charge in [0, 0.05) is 42.3 Å². The van der Waals surface area contributed by atoms with Crippen LogP contribution in [0.25, 0.3) is 0 Å². The van der Waals surface area contributed by atoms with E-state index in [9.17, 15) is 8.42 Å². The molecule has 0 aliphatic carbocycles. The molecule has 0 heterocycles. The molecule has 1 aromatic rings. The van der Waals surface area contributed by atoms with Crippen LogP contribution in [0.4, 0.5) is 0 Å². The molecule has 0 aliphatic rings. The first-order valence-electron chi connectivity index (χ1n) is 6.10. The van der Waals surface area contributed by atoms with Gasteiger partial charge in [-0.05, 0) is 30.0 Å². The molecule has 0 saturated carbocycles. The SMILES string of the molecule is C=CN(C)C(=C)/C=C\N=CCc1ccc(S(=O)(=O)Cl)cc1. The average molecular weight is 325 g/mol. The topological polar surface area (TPSA) is 49.7 Å². The molecule has 0 atom stereocenters. The van der Waals surface area contributed by atoms with E-state index in [1.54, 1.807) is 41.7 Å². The first kappa shape index (κ1) is 17.2. The van der Waals surface area contributed by atoms with Gasteiger partial charge in [-0.2, -0.15) is 0 Å². The second-order valence-corrected chi connectivity index (χ2v) is 6.78. The fourth-order valence-electron chi connectivity index (χ4n) is 1.37. The number of nitrogens with zero attached hydrogens (tertiary/aromatic N) is 2. The maximum Gasteiger partial charge on any atom is 0.261 e. The molecule has 0 aliphatic heterocycles. The van der Waals surface area contributed by atoms with Crippen LogP contribution in [0.2, 0.25) is 0 Å². The molecule has 0 spiro atoms. The molecule has 0 aromatic heterocycles. The molecule has 0 saturated heterocycles. The van der Waals surface area contributed by atoms with Crippen LogP contribution in [-0.2, 0) is 15.5 Å². The van der Waals surface area contributed by atoms with E-state index in [1.165, 1.54) is 12.1 Å². The Morgan fingerprint density at radius 2 is 2.00 bits per heavy atom. The molecule has 0 amide bonds. The van der Waals surface area contributed by atoms with Gasteiger partial charge in [0.25, 0.3) is 9.05 Å². The van der Waals surface area contributed by atoms with Crippen LogP contribution in [0.3, 0.4) is 0 Å². The van der Waals surface area contributed by atoms with E-state index < -0.39 is 9.05 Å². The number of benzene rings is 1. The second kappa shape index (κ2) is 7.81. The minimum absolute atomic E-state index is 0.0912. The summed E-state index contributed by atoms with van der Waals surface area (Å²) in [6, 6.07) is 6.36. The zero-order valence-electron chi connectivity index (χ0n) is 11.7. The number of likely N-dealkylation sites (N-methyl/N-ethyl adjacent to an activating group) is 1. The minimum Gasteiger partial charge on any atom is -0.352 e. The molecular formula is C15H17ClN2O2S. The number of rotatable bonds is 7. The molecule has 1 rings (SSSR count). The molecule has 21 heavy (non-hydrogen) atoms. The monoisotopic (exact) mass is 324 g/mol. The van der Waals surface area contributed by atoms with Gasteiger partial charge in [-0.1, -0.05) is 25.3 Å². The van der Waals surface area contributed by atoms with Crippen molar-refractivity contribution >= 4 is 25.9 Å². The first-order chi connectivity index (χ1) is 9.84. The molecule has 4 nitrogen and oxygen atoms in total. The molecule has 112 valence electrons. The minimum atomic E-state index is -3.66. The van der Waals surface area contributed by atoms with Crippen molar-refractivity contribution in [3.63, 3.8) is 0 Å². The summed E-state index contributed by atoms with van der Waals surface area (Å²) >= 11 is 0. The summed E-state index contributed by atoms with van der Waals surface area (Å²) < 4.78 is 22.2. The van der Waals surface area contributed by atoms with Gasteiger partial charge in [0.15, 0.2) is 0 Å². The van der Waals surface area contributed by atoms with Crippen molar-refractivity contribution in [2.24, 2.45) is 4.99 Å². The van der Waals surface area contributed by atoms with Gasteiger partial charge in [-0.3, -0.25) is 4.99 Å². The zero-order valence-corrected chi connectivity index (χ0v) is 13.3. The largest absolute Gasteiger partial charge is 0.352 e. The highest BCUT2D eigenvalue weighted by atomic mass is 35.7. The average Bonchev–Trinajstić information content (AvgIpc) is 2.45. The van der Waals surface area contributed by atoms with Crippen molar-refractivity contribution in [2.45, 2.75) is 11.3 Å². The summed E-state index contributed by atoms with van der Waals surface area (Å²) in [5, 5.41) is 0. The number of aliphatic imine (C=N–C) groups is 1. The number of hydrogen-bond acceptors (Lipinski definition) is 4. The quantitative estimate of drug-likeness (QED) is 0.439. The van der Waals surface area contributed by atoms with Crippen LogP contribution in [0, 0.1) is 0 Å². The van der Waals surface area contributed by atoms with Gasteiger partial charge in [-0.15, -0.1) is 0 Å². The Kier molecular flexibility index (Phi) is 6.39.